The van der Waals surface area contributed by atoms with Crippen molar-refractivity contribution in [1.29, 1.82) is 0 Å². The molecule has 0 saturated carbocycles. The number of aliphatic hydroxyl groups excluding tert-OH is 1. The molecule has 2 aromatic carbocycles. The van der Waals surface area contributed by atoms with Crippen LogP contribution in [0.1, 0.15) is 24.9 Å². The zero-order chi connectivity index (χ0) is 27.8. The van der Waals surface area contributed by atoms with Gasteiger partial charge in [-0.05, 0) is 43.0 Å². The second kappa shape index (κ2) is 13.1. The first-order chi connectivity index (χ1) is 18.1. The fraction of sp³-hybridized carbons (Fsp3) is 0.346. The number of rotatable bonds is 12. The SMILES string of the molecule is CSCC[C@H](NC(=O)[C@H](Cc1ccccc1)n1c(=O)[nH]c2ccccc2c1=O)C(=O)N[C@H](C(=O)O)[C@H](C)O. The Morgan fingerprint density at radius 1 is 1.00 bits per heavy atom. The molecule has 38 heavy (non-hydrogen) atoms. The van der Waals surface area contributed by atoms with E-state index in [1.54, 1.807) is 60.9 Å². The second-order valence-electron chi connectivity index (χ2n) is 8.76. The Hall–Kier alpha value is -3.90. The van der Waals surface area contributed by atoms with E-state index in [-0.39, 0.29) is 18.2 Å². The van der Waals surface area contributed by atoms with Crippen molar-refractivity contribution in [1.82, 2.24) is 20.2 Å². The molecule has 5 N–H and O–H groups in total. The van der Waals surface area contributed by atoms with Gasteiger partial charge in [-0.25, -0.2) is 14.2 Å². The summed E-state index contributed by atoms with van der Waals surface area (Å²) in [6, 6.07) is 11.2. The summed E-state index contributed by atoms with van der Waals surface area (Å²) in [7, 11) is 0. The van der Waals surface area contributed by atoms with Crippen LogP contribution in [0.3, 0.4) is 0 Å². The quantitative estimate of drug-likeness (QED) is 0.222. The molecule has 3 rings (SSSR count). The van der Waals surface area contributed by atoms with Gasteiger partial charge in [-0.15, -0.1) is 0 Å². The number of fused-ring (bicyclic) bond motifs is 1. The molecule has 1 aromatic heterocycles. The Kier molecular flexibility index (Phi) is 9.85. The number of aliphatic carboxylic acids is 1. The smallest absolute Gasteiger partial charge is 0.329 e. The van der Waals surface area contributed by atoms with Crippen molar-refractivity contribution >= 4 is 40.4 Å². The van der Waals surface area contributed by atoms with Gasteiger partial charge in [0.25, 0.3) is 5.56 Å². The Morgan fingerprint density at radius 3 is 2.29 bits per heavy atom. The standard InChI is InChI=1S/C26H30N4O7S/c1-15(31)21(25(35)36)29-22(32)19(12-13-38-2)27-23(33)20(14-16-8-4-3-5-9-16)30-24(34)17-10-6-7-11-18(17)28-26(30)37/h3-11,15,19-21,31H,12-14H2,1-2H3,(H,27,33)(H,28,37)(H,29,32)(H,35,36)/t15-,19-,20-,21-/m0/s1. The number of aliphatic hydroxyl groups is 1. The maximum atomic E-state index is 13.6. The van der Waals surface area contributed by atoms with E-state index in [1.165, 1.54) is 18.7 Å². The highest BCUT2D eigenvalue weighted by molar-refractivity contribution is 7.98. The number of hydrogen-bond donors (Lipinski definition) is 5. The summed E-state index contributed by atoms with van der Waals surface area (Å²) in [6.07, 6.45) is 0.551. The van der Waals surface area contributed by atoms with Gasteiger partial charge in [0.2, 0.25) is 11.8 Å². The van der Waals surface area contributed by atoms with Gasteiger partial charge in [-0.1, -0.05) is 42.5 Å². The summed E-state index contributed by atoms with van der Waals surface area (Å²) in [5, 5.41) is 24.2. The minimum Gasteiger partial charge on any atom is -0.480 e. The number of nitrogens with one attached hydrogen (secondary N) is 3. The van der Waals surface area contributed by atoms with Crippen molar-refractivity contribution in [2.24, 2.45) is 0 Å². The third kappa shape index (κ3) is 6.90. The van der Waals surface area contributed by atoms with Crippen molar-refractivity contribution < 1.29 is 24.6 Å². The van der Waals surface area contributed by atoms with Gasteiger partial charge in [-0.3, -0.25) is 14.4 Å². The van der Waals surface area contributed by atoms with Gasteiger partial charge in [0, 0.05) is 6.42 Å². The molecule has 0 fully saturated rings. The van der Waals surface area contributed by atoms with Crippen LogP contribution in [0.4, 0.5) is 0 Å². The number of carbonyl (C=O) groups is 3. The second-order valence-corrected chi connectivity index (χ2v) is 9.75. The van der Waals surface area contributed by atoms with Crippen LogP contribution in [-0.2, 0) is 20.8 Å². The number of aromatic nitrogens is 2. The lowest BCUT2D eigenvalue weighted by atomic mass is 10.0. The van der Waals surface area contributed by atoms with Crippen LogP contribution >= 0.6 is 11.8 Å². The molecule has 202 valence electrons. The number of aromatic amines is 1. The maximum Gasteiger partial charge on any atom is 0.329 e. The van der Waals surface area contributed by atoms with E-state index >= 15 is 0 Å². The predicted octanol–water partition coefficient (Wildman–Crippen LogP) is 0.662. The van der Waals surface area contributed by atoms with E-state index in [9.17, 15) is 34.2 Å². The Morgan fingerprint density at radius 2 is 1.66 bits per heavy atom. The van der Waals surface area contributed by atoms with Crippen LogP contribution in [0.5, 0.6) is 0 Å². The summed E-state index contributed by atoms with van der Waals surface area (Å²) >= 11 is 1.41. The van der Waals surface area contributed by atoms with Crippen LogP contribution in [0.25, 0.3) is 10.9 Å². The summed E-state index contributed by atoms with van der Waals surface area (Å²) in [5.74, 6) is -2.55. The average Bonchev–Trinajstić information content (AvgIpc) is 2.89. The number of benzene rings is 2. The zero-order valence-electron chi connectivity index (χ0n) is 20.9. The molecule has 0 spiro atoms. The first-order valence-corrected chi connectivity index (χ1v) is 13.3. The van der Waals surface area contributed by atoms with E-state index in [1.807, 2.05) is 0 Å². The molecule has 0 bridgehead atoms. The predicted molar refractivity (Wildman–Crippen MR) is 144 cm³/mol. The van der Waals surface area contributed by atoms with E-state index in [0.717, 1.165) is 4.57 Å². The minimum absolute atomic E-state index is 0.0176. The molecule has 4 atom stereocenters. The van der Waals surface area contributed by atoms with E-state index < -0.39 is 53.3 Å². The fourth-order valence-electron chi connectivity index (χ4n) is 4.01. The summed E-state index contributed by atoms with van der Waals surface area (Å²) in [4.78, 5) is 67.1. The van der Waals surface area contributed by atoms with Gasteiger partial charge in [0.15, 0.2) is 6.04 Å². The van der Waals surface area contributed by atoms with Crippen molar-refractivity contribution in [2.45, 2.75) is 44.0 Å². The largest absolute Gasteiger partial charge is 0.480 e. The number of carbonyl (C=O) groups excluding carboxylic acids is 2. The molecule has 0 aliphatic carbocycles. The van der Waals surface area contributed by atoms with Gasteiger partial charge >= 0.3 is 11.7 Å². The van der Waals surface area contributed by atoms with Crippen LogP contribution in [0.2, 0.25) is 0 Å². The third-order valence-corrected chi connectivity index (χ3v) is 6.66. The molecule has 3 aromatic rings. The lowest BCUT2D eigenvalue weighted by molar-refractivity contribution is -0.145. The molecular weight excluding hydrogens is 512 g/mol. The van der Waals surface area contributed by atoms with Crippen LogP contribution in [-0.4, -0.2) is 67.7 Å². The number of H-pyrrole nitrogens is 1. The Balaban J connectivity index is 2.01. The molecular formula is C26H30N4O7S. The molecule has 11 nitrogen and oxygen atoms in total. The number of carboxylic acids is 1. The molecule has 12 heteroatoms. The number of thioether (sulfide) groups is 1. The molecule has 0 radical (unpaired) electrons. The molecule has 2 amide bonds. The number of amides is 2. The zero-order valence-corrected chi connectivity index (χ0v) is 21.7. The molecule has 0 aliphatic heterocycles. The van der Waals surface area contributed by atoms with Gasteiger partial charge in [0.05, 0.1) is 17.0 Å². The van der Waals surface area contributed by atoms with Gasteiger partial charge in [0.1, 0.15) is 12.1 Å². The highest BCUT2D eigenvalue weighted by Gasteiger charge is 2.32. The maximum absolute atomic E-state index is 13.6. The van der Waals surface area contributed by atoms with Crippen molar-refractivity contribution in [3.8, 4) is 0 Å². The first kappa shape index (κ1) is 28.7. The Bertz CT molecular complexity index is 1400. The van der Waals surface area contributed by atoms with Crippen molar-refractivity contribution in [3.05, 3.63) is 81.0 Å². The molecule has 1 heterocycles. The van der Waals surface area contributed by atoms with E-state index in [0.29, 0.717) is 16.8 Å². The minimum atomic E-state index is -1.58. The monoisotopic (exact) mass is 542 g/mol. The first-order valence-electron chi connectivity index (χ1n) is 11.9. The highest BCUT2D eigenvalue weighted by atomic mass is 32.2. The number of hydrogen-bond acceptors (Lipinski definition) is 7. The Labute approximate surface area is 222 Å². The van der Waals surface area contributed by atoms with Gasteiger partial charge in [-0.2, -0.15) is 11.8 Å². The number of para-hydroxylation sites is 1. The lowest BCUT2D eigenvalue weighted by Gasteiger charge is -2.25. The highest BCUT2D eigenvalue weighted by Crippen LogP contribution is 2.15. The third-order valence-electron chi connectivity index (χ3n) is 6.01. The average molecular weight is 543 g/mol. The van der Waals surface area contributed by atoms with Crippen molar-refractivity contribution in [3.63, 3.8) is 0 Å². The topological polar surface area (TPSA) is 171 Å². The molecule has 0 unspecified atom stereocenters. The van der Waals surface area contributed by atoms with Gasteiger partial charge < -0.3 is 25.8 Å². The summed E-state index contributed by atoms with van der Waals surface area (Å²) < 4.78 is 0.837. The lowest BCUT2D eigenvalue weighted by Crippen LogP contribution is -2.56. The summed E-state index contributed by atoms with van der Waals surface area (Å²) in [5.41, 5.74) is -0.439. The molecule has 0 saturated heterocycles. The van der Waals surface area contributed by atoms with Crippen LogP contribution < -0.4 is 21.9 Å². The normalized spacial score (nSPS) is 14.3. The number of nitrogens with zero attached hydrogens (tertiary/aromatic N) is 1. The summed E-state index contributed by atoms with van der Waals surface area (Å²) in [6.45, 7) is 1.23. The van der Waals surface area contributed by atoms with Crippen molar-refractivity contribution in [2.75, 3.05) is 12.0 Å². The number of carboxylic acid groups (broad SMARTS) is 1. The van der Waals surface area contributed by atoms with E-state index in [2.05, 4.69) is 15.6 Å². The van der Waals surface area contributed by atoms with Crippen LogP contribution in [0, 0.1) is 0 Å². The fourth-order valence-corrected chi connectivity index (χ4v) is 4.48. The van der Waals surface area contributed by atoms with E-state index in [4.69, 9.17) is 0 Å². The molecule has 0 aliphatic rings. The van der Waals surface area contributed by atoms with Crippen LogP contribution in [0.15, 0.2) is 64.2 Å².